The standard InChI is InChI=1S/C13H20FN3/c1-3-10-9-17(11(4-2)8-16-10)13-12(14)6-5-7-15-13/h5-7,10-11,16H,3-4,8-9H2,1-2H3. The van der Waals surface area contributed by atoms with Crippen molar-refractivity contribution >= 4 is 5.82 Å². The number of halogens is 1. The Morgan fingerprint density at radius 2 is 2.29 bits per heavy atom. The first-order valence-electron chi connectivity index (χ1n) is 6.36. The minimum absolute atomic E-state index is 0.220. The largest absolute Gasteiger partial charge is 0.348 e. The number of piperazine rings is 1. The van der Waals surface area contributed by atoms with Crippen molar-refractivity contribution in [1.29, 1.82) is 0 Å². The number of pyridine rings is 1. The first-order valence-corrected chi connectivity index (χ1v) is 6.36. The predicted molar refractivity (Wildman–Crippen MR) is 67.7 cm³/mol. The molecule has 2 unspecified atom stereocenters. The Labute approximate surface area is 102 Å². The Balaban J connectivity index is 2.23. The zero-order valence-electron chi connectivity index (χ0n) is 10.5. The average molecular weight is 237 g/mol. The minimum atomic E-state index is -0.220. The zero-order valence-corrected chi connectivity index (χ0v) is 10.5. The lowest BCUT2D eigenvalue weighted by molar-refractivity contribution is 0.373. The van der Waals surface area contributed by atoms with Gasteiger partial charge >= 0.3 is 0 Å². The molecule has 94 valence electrons. The zero-order chi connectivity index (χ0) is 12.3. The minimum Gasteiger partial charge on any atom is -0.348 e. The second-order valence-corrected chi connectivity index (χ2v) is 4.54. The third-order valence-corrected chi connectivity index (χ3v) is 3.48. The van der Waals surface area contributed by atoms with Gasteiger partial charge in [-0.3, -0.25) is 0 Å². The molecule has 1 aliphatic rings. The van der Waals surface area contributed by atoms with Crippen molar-refractivity contribution in [3.05, 3.63) is 24.1 Å². The third-order valence-electron chi connectivity index (χ3n) is 3.48. The van der Waals surface area contributed by atoms with Gasteiger partial charge in [0.25, 0.3) is 0 Å². The van der Waals surface area contributed by atoms with Crippen LogP contribution in [0.2, 0.25) is 0 Å². The SMILES string of the molecule is CCC1CN(c2ncccc2F)C(CC)CN1. The van der Waals surface area contributed by atoms with Gasteiger partial charge in [-0.1, -0.05) is 13.8 Å². The summed E-state index contributed by atoms with van der Waals surface area (Å²) in [6, 6.07) is 3.89. The number of hydrogen-bond donors (Lipinski definition) is 1. The maximum atomic E-state index is 13.8. The van der Waals surface area contributed by atoms with Crippen LogP contribution in [-0.2, 0) is 0 Å². The fourth-order valence-electron chi connectivity index (χ4n) is 2.35. The molecule has 1 N–H and O–H groups in total. The van der Waals surface area contributed by atoms with Crippen molar-refractivity contribution in [2.45, 2.75) is 38.8 Å². The second kappa shape index (κ2) is 5.45. The van der Waals surface area contributed by atoms with Crippen LogP contribution < -0.4 is 10.2 Å². The van der Waals surface area contributed by atoms with Crippen LogP contribution in [0, 0.1) is 5.82 Å². The quantitative estimate of drug-likeness (QED) is 0.873. The Morgan fingerprint density at radius 1 is 1.47 bits per heavy atom. The summed E-state index contributed by atoms with van der Waals surface area (Å²) in [6.07, 6.45) is 3.72. The predicted octanol–water partition coefficient (Wildman–Crippen LogP) is 2.19. The lowest BCUT2D eigenvalue weighted by atomic mass is 10.1. The van der Waals surface area contributed by atoms with Gasteiger partial charge in [-0.15, -0.1) is 0 Å². The molecule has 17 heavy (non-hydrogen) atoms. The van der Waals surface area contributed by atoms with E-state index in [4.69, 9.17) is 0 Å². The Kier molecular flexibility index (Phi) is 3.94. The maximum Gasteiger partial charge on any atom is 0.165 e. The first kappa shape index (κ1) is 12.3. The van der Waals surface area contributed by atoms with Crippen molar-refractivity contribution in [1.82, 2.24) is 10.3 Å². The molecule has 0 aliphatic carbocycles. The third kappa shape index (κ3) is 2.57. The van der Waals surface area contributed by atoms with Crippen LogP contribution >= 0.6 is 0 Å². The lowest BCUT2D eigenvalue weighted by Crippen LogP contribution is -2.56. The van der Waals surface area contributed by atoms with Gasteiger partial charge in [0, 0.05) is 31.4 Å². The molecule has 0 saturated carbocycles. The van der Waals surface area contributed by atoms with E-state index >= 15 is 0 Å². The summed E-state index contributed by atoms with van der Waals surface area (Å²) < 4.78 is 13.8. The van der Waals surface area contributed by atoms with E-state index in [9.17, 15) is 4.39 Å². The summed E-state index contributed by atoms with van der Waals surface area (Å²) in [5, 5.41) is 3.50. The molecule has 4 heteroatoms. The van der Waals surface area contributed by atoms with Crippen molar-refractivity contribution in [3.8, 4) is 0 Å². The van der Waals surface area contributed by atoms with E-state index in [1.165, 1.54) is 6.07 Å². The van der Waals surface area contributed by atoms with Crippen molar-refractivity contribution in [2.75, 3.05) is 18.0 Å². The molecule has 1 aliphatic heterocycles. The second-order valence-electron chi connectivity index (χ2n) is 4.54. The number of nitrogens with one attached hydrogen (secondary N) is 1. The molecule has 1 saturated heterocycles. The van der Waals surface area contributed by atoms with Crippen molar-refractivity contribution in [3.63, 3.8) is 0 Å². The summed E-state index contributed by atoms with van der Waals surface area (Å²) in [5.74, 6) is 0.280. The summed E-state index contributed by atoms with van der Waals surface area (Å²) in [5.41, 5.74) is 0. The molecule has 1 aromatic heterocycles. The molecule has 0 aromatic carbocycles. The van der Waals surface area contributed by atoms with E-state index in [0.717, 1.165) is 25.9 Å². The van der Waals surface area contributed by atoms with Gasteiger partial charge in [0.2, 0.25) is 0 Å². The Hall–Kier alpha value is -1.16. The fourth-order valence-corrected chi connectivity index (χ4v) is 2.35. The van der Waals surface area contributed by atoms with E-state index in [-0.39, 0.29) is 5.82 Å². The van der Waals surface area contributed by atoms with Gasteiger partial charge in [-0.2, -0.15) is 0 Å². The topological polar surface area (TPSA) is 28.2 Å². The van der Waals surface area contributed by atoms with E-state index < -0.39 is 0 Å². The molecule has 2 heterocycles. The van der Waals surface area contributed by atoms with Gasteiger partial charge in [0.1, 0.15) is 0 Å². The number of aromatic nitrogens is 1. The summed E-state index contributed by atoms with van der Waals surface area (Å²) in [6.45, 7) is 6.03. The fraction of sp³-hybridized carbons (Fsp3) is 0.615. The highest BCUT2D eigenvalue weighted by Crippen LogP contribution is 2.22. The normalized spacial score (nSPS) is 25.0. The van der Waals surface area contributed by atoms with Gasteiger partial charge in [-0.05, 0) is 25.0 Å². The molecule has 1 fully saturated rings. The van der Waals surface area contributed by atoms with Crippen LogP contribution in [0.5, 0.6) is 0 Å². The van der Waals surface area contributed by atoms with Crippen LogP contribution in [0.25, 0.3) is 0 Å². The number of hydrogen-bond acceptors (Lipinski definition) is 3. The highest BCUT2D eigenvalue weighted by atomic mass is 19.1. The molecule has 3 nitrogen and oxygen atoms in total. The smallest absolute Gasteiger partial charge is 0.165 e. The maximum absolute atomic E-state index is 13.8. The van der Waals surface area contributed by atoms with E-state index in [0.29, 0.717) is 17.9 Å². The first-order chi connectivity index (χ1) is 8.26. The molecule has 0 bridgehead atoms. The van der Waals surface area contributed by atoms with Gasteiger partial charge < -0.3 is 10.2 Å². The molecule has 2 rings (SSSR count). The number of anilines is 1. The summed E-state index contributed by atoms with van der Waals surface area (Å²) >= 11 is 0. The number of nitrogens with zero attached hydrogens (tertiary/aromatic N) is 2. The van der Waals surface area contributed by atoms with E-state index in [1.54, 1.807) is 12.3 Å². The highest BCUT2D eigenvalue weighted by molar-refractivity contribution is 5.42. The van der Waals surface area contributed by atoms with Gasteiger partial charge in [-0.25, -0.2) is 9.37 Å². The molecule has 0 amide bonds. The van der Waals surface area contributed by atoms with Crippen LogP contribution in [-0.4, -0.2) is 30.2 Å². The van der Waals surface area contributed by atoms with E-state index in [2.05, 4.69) is 29.0 Å². The van der Waals surface area contributed by atoms with Crippen LogP contribution in [0.3, 0.4) is 0 Å². The molecule has 2 atom stereocenters. The average Bonchev–Trinajstić information content (AvgIpc) is 2.38. The molecule has 0 spiro atoms. The Morgan fingerprint density at radius 3 is 2.94 bits per heavy atom. The monoisotopic (exact) mass is 237 g/mol. The molecular formula is C13H20FN3. The highest BCUT2D eigenvalue weighted by Gasteiger charge is 2.28. The molecule has 0 radical (unpaired) electrons. The van der Waals surface area contributed by atoms with Crippen molar-refractivity contribution in [2.24, 2.45) is 0 Å². The van der Waals surface area contributed by atoms with Crippen LogP contribution in [0.4, 0.5) is 10.2 Å². The molecule has 1 aromatic rings. The van der Waals surface area contributed by atoms with Gasteiger partial charge in [0.15, 0.2) is 11.6 Å². The molecular weight excluding hydrogens is 217 g/mol. The van der Waals surface area contributed by atoms with Crippen LogP contribution in [0.15, 0.2) is 18.3 Å². The lowest BCUT2D eigenvalue weighted by Gasteiger charge is -2.40. The summed E-state index contributed by atoms with van der Waals surface area (Å²) in [4.78, 5) is 6.30. The summed E-state index contributed by atoms with van der Waals surface area (Å²) in [7, 11) is 0. The van der Waals surface area contributed by atoms with Gasteiger partial charge in [0.05, 0.1) is 0 Å². The van der Waals surface area contributed by atoms with Crippen LogP contribution in [0.1, 0.15) is 26.7 Å². The Bertz CT molecular complexity index is 369. The van der Waals surface area contributed by atoms with E-state index in [1.807, 2.05) is 0 Å². The van der Waals surface area contributed by atoms with Crippen molar-refractivity contribution < 1.29 is 4.39 Å². The number of rotatable bonds is 3.